The Labute approximate surface area is 119 Å². The molecule has 1 aromatic rings. The number of aryl methyl sites for hydroxylation is 1. The van der Waals surface area contributed by atoms with E-state index < -0.39 is 10.0 Å². The Morgan fingerprint density at radius 1 is 1.40 bits per heavy atom. The molecule has 1 saturated carbocycles. The molecule has 5 nitrogen and oxygen atoms in total. The molecular formula is C14H18N2O3S. The molecule has 0 aromatic heterocycles. The van der Waals surface area contributed by atoms with Crippen LogP contribution < -0.4 is 4.72 Å². The first kappa shape index (κ1) is 15.0. The van der Waals surface area contributed by atoms with Crippen molar-refractivity contribution in [1.82, 2.24) is 4.72 Å². The highest BCUT2D eigenvalue weighted by Crippen LogP contribution is 2.24. The van der Waals surface area contributed by atoms with Gasteiger partial charge >= 0.3 is 0 Å². The van der Waals surface area contributed by atoms with Crippen molar-refractivity contribution in [2.75, 3.05) is 7.11 Å². The van der Waals surface area contributed by atoms with E-state index in [0.717, 1.165) is 19.3 Å². The van der Waals surface area contributed by atoms with Gasteiger partial charge < -0.3 is 4.74 Å². The summed E-state index contributed by atoms with van der Waals surface area (Å²) in [6.45, 7) is 1.69. The Hall–Kier alpha value is -1.42. The summed E-state index contributed by atoms with van der Waals surface area (Å²) in [7, 11) is -1.98. The van der Waals surface area contributed by atoms with Crippen molar-refractivity contribution in [3.05, 3.63) is 29.3 Å². The second-order valence-corrected chi connectivity index (χ2v) is 6.71. The fourth-order valence-corrected chi connectivity index (χ4v) is 4.15. The third-order valence-corrected chi connectivity index (χ3v) is 5.31. The Morgan fingerprint density at radius 3 is 2.75 bits per heavy atom. The van der Waals surface area contributed by atoms with Gasteiger partial charge in [-0.05, 0) is 49.9 Å². The van der Waals surface area contributed by atoms with E-state index in [1.54, 1.807) is 20.1 Å². The molecule has 0 saturated heterocycles. The van der Waals surface area contributed by atoms with Crippen LogP contribution in [0.25, 0.3) is 0 Å². The van der Waals surface area contributed by atoms with Crippen LogP contribution in [-0.4, -0.2) is 27.7 Å². The summed E-state index contributed by atoms with van der Waals surface area (Å²) in [5.74, 6) is 0. The van der Waals surface area contributed by atoms with Gasteiger partial charge in [-0.2, -0.15) is 5.26 Å². The molecule has 6 heteroatoms. The Morgan fingerprint density at radius 2 is 2.15 bits per heavy atom. The summed E-state index contributed by atoms with van der Waals surface area (Å²) >= 11 is 0. The van der Waals surface area contributed by atoms with Crippen LogP contribution in [-0.2, 0) is 14.8 Å². The van der Waals surface area contributed by atoms with Crippen LogP contribution in [0, 0.1) is 18.3 Å². The Balaban J connectivity index is 2.25. The first-order valence-corrected chi connectivity index (χ1v) is 8.02. The van der Waals surface area contributed by atoms with E-state index in [4.69, 9.17) is 10.00 Å². The number of nitriles is 1. The molecule has 1 fully saturated rings. The van der Waals surface area contributed by atoms with Gasteiger partial charge in [0.25, 0.3) is 0 Å². The average molecular weight is 294 g/mol. The molecule has 1 aromatic carbocycles. The molecular weight excluding hydrogens is 276 g/mol. The van der Waals surface area contributed by atoms with Gasteiger partial charge in [0, 0.05) is 13.2 Å². The third kappa shape index (κ3) is 3.01. The molecule has 0 bridgehead atoms. The SMILES string of the molecule is COC1CCCC1NS(=O)(=O)c1ccc(C#N)cc1C. The van der Waals surface area contributed by atoms with Crippen molar-refractivity contribution in [2.24, 2.45) is 0 Å². The van der Waals surface area contributed by atoms with E-state index in [-0.39, 0.29) is 17.0 Å². The van der Waals surface area contributed by atoms with Gasteiger partial charge in [-0.25, -0.2) is 13.1 Å². The molecule has 2 unspecified atom stereocenters. The van der Waals surface area contributed by atoms with Crippen molar-refractivity contribution in [1.29, 1.82) is 5.26 Å². The molecule has 1 N–H and O–H groups in total. The molecule has 0 spiro atoms. The molecule has 108 valence electrons. The molecule has 0 radical (unpaired) electrons. The standard InChI is InChI=1S/C14H18N2O3S/c1-10-8-11(9-15)6-7-14(10)20(17,18)16-12-4-3-5-13(12)19-2/h6-8,12-13,16H,3-5H2,1-2H3. The highest BCUT2D eigenvalue weighted by Gasteiger charge is 2.31. The van der Waals surface area contributed by atoms with Gasteiger partial charge in [0.05, 0.1) is 22.6 Å². The van der Waals surface area contributed by atoms with Crippen molar-refractivity contribution >= 4 is 10.0 Å². The summed E-state index contributed by atoms with van der Waals surface area (Å²) in [5.41, 5.74) is 1.03. The van der Waals surface area contributed by atoms with Gasteiger partial charge in [-0.1, -0.05) is 0 Å². The maximum atomic E-state index is 12.4. The highest BCUT2D eigenvalue weighted by molar-refractivity contribution is 7.89. The first-order valence-electron chi connectivity index (χ1n) is 6.54. The van der Waals surface area contributed by atoms with E-state index in [1.165, 1.54) is 12.1 Å². The minimum absolute atomic E-state index is 0.0662. The lowest BCUT2D eigenvalue weighted by Gasteiger charge is -2.20. The van der Waals surface area contributed by atoms with Crippen LogP contribution in [0.1, 0.15) is 30.4 Å². The second kappa shape index (κ2) is 5.92. The van der Waals surface area contributed by atoms with Crippen LogP contribution in [0.5, 0.6) is 0 Å². The van der Waals surface area contributed by atoms with Gasteiger partial charge in [0.2, 0.25) is 10.0 Å². The lowest BCUT2D eigenvalue weighted by molar-refractivity contribution is 0.0916. The smallest absolute Gasteiger partial charge is 0.241 e. The largest absolute Gasteiger partial charge is 0.380 e. The number of rotatable bonds is 4. The van der Waals surface area contributed by atoms with Crippen molar-refractivity contribution in [3.8, 4) is 6.07 Å². The fraction of sp³-hybridized carbons (Fsp3) is 0.500. The average Bonchev–Trinajstić information content (AvgIpc) is 2.84. The van der Waals surface area contributed by atoms with Crippen LogP contribution >= 0.6 is 0 Å². The fourth-order valence-electron chi connectivity index (χ4n) is 2.63. The molecule has 1 aliphatic rings. The first-order chi connectivity index (χ1) is 9.47. The minimum atomic E-state index is -3.58. The summed E-state index contributed by atoms with van der Waals surface area (Å²) in [6, 6.07) is 6.40. The monoisotopic (exact) mass is 294 g/mol. The predicted molar refractivity (Wildman–Crippen MR) is 74.7 cm³/mol. The summed E-state index contributed by atoms with van der Waals surface area (Å²) in [6.07, 6.45) is 2.55. The van der Waals surface area contributed by atoms with Gasteiger partial charge in [-0.3, -0.25) is 0 Å². The van der Waals surface area contributed by atoms with E-state index in [2.05, 4.69) is 4.72 Å². The zero-order chi connectivity index (χ0) is 14.8. The minimum Gasteiger partial charge on any atom is -0.380 e. The maximum Gasteiger partial charge on any atom is 0.241 e. The predicted octanol–water partition coefficient (Wildman–Crippen LogP) is 1.71. The van der Waals surface area contributed by atoms with Gasteiger partial charge in [-0.15, -0.1) is 0 Å². The van der Waals surface area contributed by atoms with E-state index in [1.807, 2.05) is 6.07 Å². The van der Waals surface area contributed by atoms with Crippen LogP contribution in [0.15, 0.2) is 23.1 Å². The lowest BCUT2D eigenvalue weighted by Crippen LogP contribution is -2.40. The number of nitrogens with zero attached hydrogens (tertiary/aromatic N) is 1. The maximum absolute atomic E-state index is 12.4. The molecule has 0 amide bonds. The second-order valence-electron chi connectivity index (χ2n) is 5.02. The number of ether oxygens (including phenoxy) is 1. The van der Waals surface area contributed by atoms with Crippen LogP contribution in [0.2, 0.25) is 0 Å². The zero-order valence-electron chi connectivity index (χ0n) is 11.6. The van der Waals surface area contributed by atoms with E-state index in [9.17, 15) is 8.42 Å². The number of hydrogen-bond donors (Lipinski definition) is 1. The quantitative estimate of drug-likeness (QED) is 0.917. The molecule has 1 aliphatic carbocycles. The topological polar surface area (TPSA) is 79.2 Å². The third-order valence-electron chi connectivity index (χ3n) is 3.66. The van der Waals surface area contributed by atoms with Crippen molar-refractivity contribution in [3.63, 3.8) is 0 Å². The molecule has 20 heavy (non-hydrogen) atoms. The molecule has 2 rings (SSSR count). The Kier molecular flexibility index (Phi) is 4.43. The van der Waals surface area contributed by atoms with Crippen LogP contribution in [0.4, 0.5) is 0 Å². The Bertz CT molecular complexity index is 634. The summed E-state index contributed by atoms with van der Waals surface area (Å²) < 4.78 is 32.9. The highest BCUT2D eigenvalue weighted by atomic mass is 32.2. The normalized spacial score (nSPS) is 22.6. The zero-order valence-corrected chi connectivity index (χ0v) is 12.4. The molecule has 0 heterocycles. The van der Waals surface area contributed by atoms with E-state index >= 15 is 0 Å². The number of nitrogens with one attached hydrogen (secondary N) is 1. The van der Waals surface area contributed by atoms with Gasteiger partial charge in [0.15, 0.2) is 0 Å². The van der Waals surface area contributed by atoms with Crippen molar-refractivity contribution < 1.29 is 13.2 Å². The summed E-state index contributed by atoms with van der Waals surface area (Å²) in [5, 5.41) is 8.82. The molecule has 2 atom stereocenters. The number of methoxy groups -OCH3 is 1. The van der Waals surface area contributed by atoms with E-state index in [0.29, 0.717) is 11.1 Å². The number of sulfonamides is 1. The molecule has 0 aliphatic heterocycles. The van der Waals surface area contributed by atoms with Crippen LogP contribution in [0.3, 0.4) is 0 Å². The number of hydrogen-bond acceptors (Lipinski definition) is 4. The van der Waals surface area contributed by atoms with Crippen molar-refractivity contribution in [2.45, 2.75) is 43.2 Å². The number of benzene rings is 1. The lowest BCUT2D eigenvalue weighted by atomic mass is 10.2. The van der Waals surface area contributed by atoms with Gasteiger partial charge in [0.1, 0.15) is 0 Å². The summed E-state index contributed by atoms with van der Waals surface area (Å²) in [4.78, 5) is 0.221.